The molecule has 1 aromatic heterocycles. The fraction of sp³-hybridized carbons (Fsp3) is 0.447. The molecule has 0 bridgehead atoms. The Morgan fingerprint density at radius 3 is 2.33 bits per heavy atom. The molecule has 1 amide bonds. The molecule has 1 aliphatic heterocycles. The molecule has 1 unspecified atom stereocenters. The molecular weight excluding hydrogens is 751 g/mol. The van der Waals surface area contributed by atoms with Gasteiger partial charge in [0.2, 0.25) is 13.3 Å². The Labute approximate surface area is 341 Å². The minimum Gasteiger partial charge on any atom is -0.497 e. The summed E-state index contributed by atoms with van der Waals surface area (Å²) >= 11 is 0. The molecule has 7 rings (SSSR count). The van der Waals surface area contributed by atoms with Crippen LogP contribution in [0.5, 0.6) is 11.5 Å². The van der Waals surface area contributed by atoms with Crippen molar-refractivity contribution in [2.24, 2.45) is 17.3 Å². The van der Waals surface area contributed by atoms with Crippen LogP contribution in [-0.4, -0.2) is 69.5 Å². The summed E-state index contributed by atoms with van der Waals surface area (Å²) in [4.78, 5) is 61.3. The number of methoxy groups -OCH3 is 1. The van der Waals surface area contributed by atoms with Gasteiger partial charge in [-0.3, -0.25) is 18.9 Å². The number of likely N-dealkylation sites (tertiary alicyclic amines) is 1. The van der Waals surface area contributed by atoms with E-state index in [1.54, 1.807) is 18.1 Å². The number of ether oxygens (including phenoxy) is 3. The van der Waals surface area contributed by atoms with Gasteiger partial charge in [0.25, 0.3) is 0 Å². The van der Waals surface area contributed by atoms with Crippen LogP contribution >= 0.6 is 7.37 Å². The van der Waals surface area contributed by atoms with E-state index in [1.807, 2.05) is 106 Å². The Hall–Kier alpha value is -4.79. The normalized spacial score (nSPS) is 23.5. The van der Waals surface area contributed by atoms with Gasteiger partial charge in [0.05, 0.1) is 54.6 Å². The van der Waals surface area contributed by atoms with Gasteiger partial charge in [-0.05, 0) is 61.1 Å². The molecule has 3 fully saturated rings. The first-order valence-electron chi connectivity index (χ1n) is 20.4. The van der Waals surface area contributed by atoms with Crippen LogP contribution in [0.3, 0.4) is 0 Å². The van der Waals surface area contributed by atoms with Crippen LogP contribution in [0.1, 0.15) is 77.7 Å². The van der Waals surface area contributed by atoms with E-state index in [4.69, 9.17) is 19.2 Å². The lowest BCUT2D eigenvalue weighted by molar-refractivity contribution is -0.156. The van der Waals surface area contributed by atoms with Crippen molar-refractivity contribution in [1.82, 2.24) is 9.88 Å². The van der Waals surface area contributed by atoms with E-state index in [2.05, 4.69) is 6.58 Å². The number of aromatic nitrogens is 1. The number of hydrogen-bond donors (Lipinski definition) is 1. The molecule has 0 radical (unpaired) electrons. The van der Waals surface area contributed by atoms with Crippen molar-refractivity contribution in [2.75, 3.05) is 13.7 Å². The molecule has 2 saturated carbocycles. The van der Waals surface area contributed by atoms with Gasteiger partial charge < -0.3 is 24.0 Å². The van der Waals surface area contributed by atoms with Crippen LogP contribution in [0.4, 0.5) is 0 Å². The Bertz CT molecular complexity index is 2200. The number of benzene rings is 3. The maximum atomic E-state index is 14.9. The smallest absolute Gasteiger partial charge is 0.306 e. The zero-order valence-electron chi connectivity index (χ0n) is 34.0. The quantitative estimate of drug-likeness (QED) is 0.0710. The SMILES string of the molecule is C=C[C@@H]1C[C@]1(CC(=O)[C@@H]1C[C@@H](Oc2cc(-c3ccccc3)nc3cc(OC)ccc23)CN1C(=O)[C@@H](CC(=O)OC1CCCC1)C(C)(C)C)P(=O)(O)Cc1ccccc1. The largest absolute Gasteiger partial charge is 0.497 e. The molecular formula is C47H55N2O8P. The number of esters is 1. The maximum absolute atomic E-state index is 14.9. The van der Waals surface area contributed by atoms with Gasteiger partial charge in [0, 0.05) is 35.9 Å². The van der Waals surface area contributed by atoms with Crippen LogP contribution in [0.25, 0.3) is 22.2 Å². The summed E-state index contributed by atoms with van der Waals surface area (Å²) in [6.45, 7) is 9.78. The molecule has 3 aliphatic rings. The van der Waals surface area contributed by atoms with Gasteiger partial charge in [0.15, 0.2) is 5.78 Å². The van der Waals surface area contributed by atoms with Crippen molar-refractivity contribution in [1.29, 1.82) is 0 Å². The van der Waals surface area contributed by atoms with Gasteiger partial charge in [0.1, 0.15) is 23.7 Å². The molecule has 11 heteroatoms. The van der Waals surface area contributed by atoms with E-state index in [9.17, 15) is 23.8 Å². The van der Waals surface area contributed by atoms with Crippen LogP contribution in [0.2, 0.25) is 0 Å². The number of pyridine rings is 1. The summed E-state index contributed by atoms with van der Waals surface area (Å²) in [5.41, 5.74) is 2.31. The number of Topliss-reactive ketones (excluding diaryl/α,β-unsaturated/α-hetero) is 1. The molecule has 4 aromatic rings. The molecule has 2 heterocycles. The van der Waals surface area contributed by atoms with Crippen LogP contribution in [-0.2, 0) is 29.8 Å². The van der Waals surface area contributed by atoms with Crippen LogP contribution in [0.15, 0.2) is 97.6 Å². The zero-order chi connectivity index (χ0) is 41.2. The Morgan fingerprint density at radius 2 is 1.69 bits per heavy atom. The van der Waals surface area contributed by atoms with Gasteiger partial charge in [-0.1, -0.05) is 87.5 Å². The second kappa shape index (κ2) is 16.8. The second-order valence-electron chi connectivity index (χ2n) is 17.4. The maximum Gasteiger partial charge on any atom is 0.306 e. The highest BCUT2D eigenvalue weighted by molar-refractivity contribution is 7.59. The Balaban J connectivity index is 1.22. The minimum absolute atomic E-state index is 0.0661. The fourth-order valence-electron chi connectivity index (χ4n) is 8.90. The van der Waals surface area contributed by atoms with Crippen molar-refractivity contribution < 1.29 is 38.1 Å². The van der Waals surface area contributed by atoms with E-state index in [-0.39, 0.29) is 55.7 Å². The summed E-state index contributed by atoms with van der Waals surface area (Å²) in [7, 11) is -2.34. The average Bonchev–Trinajstić information content (AvgIpc) is 3.46. The molecule has 2 aliphatic carbocycles. The van der Waals surface area contributed by atoms with Crippen LogP contribution in [0, 0.1) is 17.3 Å². The number of carbonyl (C=O) groups excluding carboxylic acids is 3. The lowest BCUT2D eigenvalue weighted by Crippen LogP contribution is -2.48. The average molecular weight is 807 g/mol. The molecule has 306 valence electrons. The summed E-state index contributed by atoms with van der Waals surface area (Å²) < 4.78 is 32.5. The van der Waals surface area contributed by atoms with Crippen molar-refractivity contribution in [3.63, 3.8) is 0 Å². The number of carbonyl (C=O) groups is 3. The van der Waals surface area contributed by atoms with Crippen molar-refractivity contribution in [3.05, 3.63) is 103 Å². The summed E-state index contributed by atoms with van der Waals surface area (Å²) in [5.74, 6) is -0.991. The number of fused-ring (bicyclic) bond motifs is 1. The highest BCUT2D eigenvalue weighted by atomic mass is 31.2. The summed E-state index contributed by atoms with van der Waals surface area (Å²) in [6.07, 6.45) is 4.70. The van der Waals surface area contributed by atoms with Crippen molar-refractivity contribution in [3.8, 4) is 22.8 Å². The van der Waals surface area contributed by atoms with E-state index in [1.165, 1.54) is 0 Å². The number of nitrogens with zero attached hydrogens (tertiary/aromatic N) is 2. The lowest BCUT2D eigenvalue weighted by Gasteiger charge is -2.35. The van der Waals surface area contributed by atoms with E-state index < -0.39 is 42.0 Å². The van der Waals surface area contributed by atoms with E-state index in [0.717, 1.165) is 42.2 Å². The summed E-state index contributed by atoms with van der Waals surface area (Å²) in [6, 6.07) is 25.4. The van der Waals surface area contributed by atoms with Gasteiger partial charge in [-0.15, -0.1) is 6.58 Å². The standard InChI is InChI=1S/C47H55N2O8P/c1-6-33-27-47(33,58(53,54)30-31-15-9-7-10-16-31)28-42(50)41-24-36(29-49(41)45(52)38(46(2,3)4)25-44(51)57-34-19-13-14-20-34)56-43-26-39(32-17-11-8-12-18-32)48-40-23-35(55-5)21-22-37(40)43/h6-12,15-18,21-23,26,33-34,36,38,41H,1,13-14,19-20,24-25,27-30H2,2-5H3,(H,53,54)/t33-,36-,38-,41+,47-/m1/s1. The first-order valence-corrected chi connectivity index (χ1v) is 22.3. The van der Waals surface area contributed by atoms with Gasteiger partial charge in [-0.2, -0.15) is 0 Å². The van der Waals surface area contributed by atoms with Crippen molar-refractivity contribution in [2.45, 2.75) is 102 Å². The fourth-order valence-corrected chi connectivity index (χ4v) is 11.4. The van der Waals surface area contributed by atoms with Crippen molar-refractivity contribution >= 4 is 35.9 Å². The van der Waals surface area contributed by atoms with E-state index >= 15 is 0 Å². The molecule has 6 atom stereocenters. The van der Waals surface area contributed by atoms with Crippen LogP contribution < -0.4 is 9.47 Å². The third-order valence-corrected chi connectivity index (χ3v) is 15.2. The van der Waals surface area contributed by atoms with Gasteiger partial charge in [-0.25, -0.2) is 4.98 Å². The van der Waals surface area contributed by atoms with E-state index in [0.29, 0.717) is 29.1 Å². The molecule has 3 aromatic carbocycles. The summed E-state index contributed by atoms with van der Waals surface area (Å²) in [5, 5.41) is -0.447. The topological polar surface area (TPSA) is 132 Å². The Morgan fingerprint density at radius 1 is 1.00 bits per heavy atom. The number of ketones is 1. The molecule has 0 spiro atoms. The lowest BCUT2D eigenvalue weighted by atomic mass is 9.77. The Kier molecular flexibility index (Phi) is 12.0. The third kappa shape index (κ3) is 8.79. The minimum atomic E-state index is -3.94. The molecule has 1 N–H and O–H groups in total. The predicted molar refractivity (Wildman–Crippen MR) is 225 cm³/mol. The predicted octanol–water partition coefficient (Wildman–Crippen LogP) is 9.17. The third-order valence-electron chi connectivity index (χ3n) is 12.4. The molecule has 58 heavy (non-hydrogen) atoms. The number of rotatable bonds is 15. The zero-order valence-corrected chi connectivity index (χ0v) is 34.9. The second-order valence-corrected chi connectivity index (χ2v) is 20.0. The number of allylic oxidation sites excluding steroid dienone is 1. The van der Waals surface area contributed by atoms with Gasteiger partial charge >= 0.3 is 5.97 Å². The number of amides is 1. The monoisotopic (exact) mass is 806 g/mol. The molecule has 10 nitrogen and oxygen atoms in total. The highest BCUT2D eigenvalue weighted by Crippen LogP contribution is 2.74. The number of hydrogen-bond acceptors (Lipinski definition) is 8. The first-order chi connectivity index (χ1) is 27.7. The highest BCUT2D eigenvalue weighted by Gasteiger charge is 2.65. The first kappa shape index (κ1) is 41.4. The molecule has 1 saturated heterocycles.